The molecule has 1 N–H and O–H groups in total. The van der Waals surface area contributed by atoms with Gasteiger partial charge in [-0.3, -0.25) is 4.79 Å². The van der Waals surface area contributed by atoms with Crippen LogP contribution < -0.4 is 10.1 Å². The van der Waals surface area contributed by atoms with E-state index in [-0.39, 0.29) is 17.9 Å². The van der Waals surface area contributed by atoms with Gasteiger partial charge in [0.15, 0.2) is 0 Å². The predicted octanol–water partition coefficient (Wildman–Crippen LogP) is 2.16. The van der Waals surface area contributed by atoms with Crippen LogP contribution in [-0.2, 0) is 9.53 Å². The number of hydrogen-bond acceptors (Lipinski definition) is 4. The van der Waals surface area contributed by atoms with Crippen molar-refractivity contribution in [2.24, 2.45) is 5.92 Å². The third kappa shape index (κ3) is 5.75. The first-order valence-electron chi connectivity index (χ1n) is 6.53. The highest BCUT2D eigenvalue weighted by Crippen LogP contribution is 2.11. The summed E-state index contributed by atoms with van der Waals surface area (Å²) in [7, 11) is 1.41. The molecule has 2 atom stereocenters. The molecular weight excluding hydrogens is 242 g/mol. The Morgan fingerprint density at radius 3 is 2.47 bits per heavy atom. The lowest BCUT2D eigenvalue weighted by molar-refractivity contribution is -0.144. The first kappa shape index (κ1) is 15.5. The molecule has 1 rings (SSSR count). The van der Waals surface area contributed by atoms with Gasteiger partial charge in [0, 0.05) is 12.6 Å². The van der Waals surface area contributed by atoms with Crippen LogP contribution in [0, 0.1) is 12.8 Å². The highest BCUT2D eigenvalue weighted by molar-refractivity contribution is 5.72. The summed E-state index contributed by atoms with van der Waals surface area (Å²) in [6.07, 6.45) is 0. The molecule has 2 unspecified atom stereocenters. The van der Waals surface area contributed by atoms with Crippen molar-refractivity contribution in [1.29, 1.82) is 0 Å². The molecule has 1 aromatic rings. The number of esters is 1. The van der Waals surface area contributed by atoms with Crippen LogP contribution in [0.5, 0.6) is 5.75 Å². The Labute approximate surface area is 115 Å². The van der Waals surface area contributed by atoms with E-state index in [9.17, 15) is 4.79 Å². The van der Waals surface area contributed by atoms with Gasteiger partial charge in [0.1, 0.15) is 12.4 Å². The van der Waals surface area contributed by atoms with Crippen molar-refractivity contribution < 1.29 is 14.3 Å². The van der Waals surface area contributed by atoms with E-state index < -0.39 is 0 Å². The zero-order chi connectivity index (χ0) is 14.3. The second-order valence-electron chi connectivity index (χ2n) is 4.86. The fraction of sp³-hybridized carbons (Fsp3) is 0.533. The van der Waals surface area contributed by atoms with E-state index in [0.717, 1.165) is 5.75 Å². The lowest BCUT2D eigenvalue weighted by atomic mass is 10.2. The zero-order valence-electron chi connectivity index (χ0n) is 12.1. The zero-order valence-corrected chi connectivity index (χ0v) is 12.1. The number of nitrogens with one attached hydrogen (secondary N) is 1. The second-order valence-corrected chi connectivity index (χ2v) is 4.86. The molecule has 0 amide bonds. The fourth-order valence-electron chi connectivity index (χ4n) is 1.58. The van der Waals surface area contributed by atoms with Crippen molar-refractivity contribution in [2.45, 2.75) is 26.8 Å². The van der Waals surface area contributed by atoms with Crippen LogP contribution in [0.2, 0.25) is 0 Å². The summed E-state index contributed by atoms with van der Waals surface area (Å²) in [5.74, 6) is 0.520. The molecular formula is C15H23NO3. The molecule has 0 aliphatic carbocycles. The number of rotatable bonds is 7. The molecule has 0 heterocycles. The number of hydrogen-bond donors (Lipinski definition) is 1. The molecule has 0 saturated heterocycles. The molecule has 4 heteroatoms. The third-order valence-corrected chi connectivity index (χ3v) is 2.90. The average Bonchev–Trinajstić information content (AvgIpc) is 2.43. The normalized spacial score (nSPS) is 13.7. The van der Waals surface area contributed by atoms with E-state index in [4.69, 9.17) is 4.74 Å². The van der Waals surface area contributed by atoms with Gasteiger partial charge in [-0.2, -0.15) is 0 Å². The van der Waals surface area contributed by atoms with E-state index >= 15 is 0 Å². The molecule has 0 bridgehead atoms. The monoisotopic (exact) mass is 265 g/mol. The first-order chi connectivity index (χ1) is 9.02. The number of methoxy groups -OCH3 is 1. The van der Waals surface area contributed by atoms with Crippen LogP contribution >= 0.6 is 0 Å². The Bertz CT molecular complexity index is 389. The summed E-state index contributed by atoms with van der Waals surface area (Å²) >= 11 is 0. The summed E-state index contributed by atoms with van der Waals surface area (Å²) in [5, 5.41) is 3.25. The molecule has 0 saturated carbocycles. The highest BCUT2D eigenvalue weighted by atomic mass is 16.5. The molecule has 0 radical (unpaired) electrons. The second kappa shape index (κ2) is 7.79. The maximum absolute atomic E-state index is 11.2. The van der Waals surface area contributed by atoms with Crippen LogP contribution in [0.1, 0.15) is 19.4 Å². The van der Waals surface area contributed by atoms with Gasteiger partial charge in [0.05, 0.1) is 13.0 Å². The Balaban J connectivity index is 2.26. The number of benzene rings is 1. The first-order valence-corrected chi connectivity index (χ1v) is 6.53. The topological polar surface area (TPSA) is 47.6 Å². The van der Waals surface area contributed by atoms with Gasteiger partial charge in [-0.05, 0) is 26.0 Å². The van der Waals surface area contributed by atoms with Crippen molar-refractivity contribution in [3.63, 3.8) is 0 Å². The van der Waals surface area contributed by atoms with E-state index in [1.54, 1.807) is 0 Å². The number of carbonyl (C=O) groups excluding carboxylic acids is 1. The number of carbonyl (C=O) groups is 1. The molecule has 19 heavy (non-hydrogen) atoms. The summed E-state index contributed by atoms with van der Waals surface area (Å²) in [6, 6.07) is 8.13. The highest BCUT2D eigenvalue weighted by Gasteiger charge is 2.13. The summed E-state index contributed by atoms with van der Waals surface area (Å²) in [4.78, 5) is 11.2. The summed E-state index contributed by atoms with van der Waals surface area (Å²) in [6.45, 7) is 7.06. The minimum Gasteiger partial charge on any atom is -0.492 e. The minimum absolute atomic E-state index is 0.146. The van der Waals surface area contributed by atoms with Gasteiger partial charge in [-0.25, -0.2) is 0 Å². The number of ether oxygens (including phenoxy) is 2. The molecule has 106 valence electrons. The predicted molar refractivity (Wildman–Crippen MR) is 75.3 cm³/mol. The third-order valence-electron chi connectivity index (χ3n) is 2.90. The molecule has 0 aliphatic rings. The van der Waals surface area contributed by atoms with Gasteiger partial charge in [0.2, 0.25) is 0 Å². The maximum Gasteiger partial charge on any atom is 0.309 e. The van der Waals surface area contributed by atoms with E-state index in [0.29, 0.717) is 13.2 Å². The van der Waals surface area contributed by atoms with Crippen molar-refractivity contribution in [1.82, 2.24) is 5.32 Å². The SMILES string of the molecule is COC(=O)C(C)CNC(C)COc1ccc(C)cc1. The van der Waals surface area contributed by atoms with Crippen molar-refractivity contribution in [3.8, 4) is 5.75 Å². The average molecular weight is 265 g/mol. The molecule has 0 aromatic heterocycles. The summed E-state index contributed by atoms with van der Waals surface area (Å²) < 4.78 is 10.3. The molecule has 0 aliphatic heterocycles. The smallest absolute Gasteiger partial charge is 0.309 e. The van der Waals surface area contributed by atoms with Crippen molar-refractivity contribution >= 4 is 5.97 Å². The lowest BCUT2D eigenvalue weighted by Gasteiger charge is -2.17. The maximum atomic E-state index is 11.2. The van der Waals surface area contributed by atoms with Gasteiger partial charge >= 0.3 is 5.97 Å². The Morgan fingerprint density at radius 1 is 1.26 bits per heavy atom. The van der Waals surface area contributed by atoms with Crippen molar-refractivity contribution in [3.05, 3.63) is 29.8 Å². The summed E-state index contributed by atoms with van der Waals surface area (Å²) in [5.41, 5.74) is 1.21. The molecule has 4 nitrogen and oxygen atoms in total. The van der Waals surface area contributed by atoms with Gasteiger partial charge in [-0.15, -0.1) is 0 Å². The van der Waals surface area contributed by atoms with Gasteiger partial charge in [0.25, 0.3) is 0 Å². The number of aryl methyl sites for hydroxylation is 1. The van der Waals surface area contributed by atoms with E-state index in [2.05, 4.69) is 10.1 Å². The fourth-order valence-corrected chi connectivity index (χ4v) is 1.58. The molecule has 0 fully saturated rings. The van der Waals surface area contributed by atoms with Crippen LogP contribution in [-0.4, -0.2) is 32.3 Å². The Hall–Kier alpha value is -1.55. The van der Waals surface area contributed by atoms with E-state index in [1.807, 2.05) is 45.0 Å². The molecule has 0 spiro atoms. The van der Waals surface area contributed by atoms with Gasteiger partial charge in [-0.1, -0.05) is 24.6 Å². The van der Waals surface area contributed by atoms with Crippen molar-refractivity contribution in [2.75, 3.05) is 20.3 Å². The van der Waals surface area contributed by atoms with Crippen LogP contribution in [0.4, 0.5) is 0 Å². The van der Waals surface area contributed by atoms with Crippen LogP contribution in [0.15, 0.2) is 24.3 Å². The lowest BCUT2D eigenvalue weighted by Crippen LogP contribution is -2.37. The van der Waals surface area contributed by atoms with Gasteiger partial charge < -0.3 is 14.8 Å². The standard InChI is InChI=1S/C15H23NO3/c1-11-5-7-14(8-6-11)19-10-13(3)16-9-12(2)15(17)18-4/h5-8,12-13,16H,9-10H2,1-4H3. The minimum atomic E-state index is -0.195. The Morgan fingerprint density at radius 2 is 1.89 bits per heavy atom. The Kier molecular flexibility index (Phi) is 6.36. The van der Waals surface area contributed by atoms with Crippen LogP contribution in [0.3, 0.4) is 0 Å². The van der Waals surface area contributed by atoms with E-state index in [1.165, 1.54) is 12.7 Å². The molecule has 1 aromatic carbocycles. The largest absolute Gasteiger partial charge is 0.492 e. The quantitative estimate of drug-likeness (QED) is 0.768. The van der Waals surface area contributed by atoms with Crippen LogP contribution in [0.25, 0.3) is 0 Å².